The summed E-state index contributed by atoms with van der Waals surface area (Å²) in [4.78, 5) is 12.4. The smallest absolute Gasteiger partial charge is 0.222 e. The molecule has 120 valence electrons. The van der Waals surface area contributed by atoms with Crippen LogP contribution in [0.1, 0.15) is 36.4 Å². The Bertz CT molecular complexity index is 606. The zero-order chi connectivity index (χ0) is 15.9. The molecule has 0 bridgehead atoms. The zero-order valence-electron chi connectivity index (χ0n) is 13.4. The molecule has 1 aliphatic heterocycles. The normalized spacial score (nSPS) is 18.5. The second kappa shape index (κ2) is 7.93. The van der Waals surface area contributed by atoms with Crippen LogP contribution in [-0.2, 0) is 11.2 Å². The van der Waals surface area contributed by atoms with Crippen molar-refractivity contribution in [1.82, 2.24) is 10.6 Å². The molecule has 1 saturated heterocycles. The summed E-state index contributed by atoms with van der Waals surface area (Å²) in [6, 6.07) is 20.9. The van der Waals surface area contributed by atoms with Gasteiger partial charge in [-0.1, -0.05) is 60.7 Å². The first-order chi connectivity index (χ1) is 11.3. The Kier molecular flexibility index (Phi) is 5.43. The highest BCUT2D eigenvalue weighted by Crippen LogP contribution is 2.19. The quantitative estimate of drug-likeness (QED) is 0.860. The molecule has 2 aromatic carbocycles. The molecule has 0 spiro atoms. The van der Waals surface area contributed by atoms with Crippen molar-refractivity contribution in [2.45, 2.75) is 37.8 Å². The fraction of sp³-hybridized carbons (Fsp3) is 0.350. The summed E-state index contributed by atoms with van der Waals surface area (Å²) >= 11 is 0. The van der Waals surface area contributed by atoms with Crippen LogP contribution in [0.5, 0.6) is 0 Å². The van der Waals surface area contributed by atoms with Crippen LogP contribution in [0.4, 0.5) is 0 Å². The number of rotatable bonds is 6. The van der Waals surface area contributed by atoms with Crippen molar-refractivity contribution in [1.29, 1.82) is 0 Å². The molecule has 2 N–H and O–H groups in total. The maximum atomic E-state index is 12.4. The Balaban J connectivity index is 1.68. The van der Waals surface area contributed by atoms with Gasteiger partial charge in [0.05, 0.1) is 6.04 Å². The number of amides is 1. The van der Waals surface area contributed by atoms with Crippen LogP contribution < -0.4 is 10.6 Å². The molecule has 3 nitrogen and oxygen atoms in total. The molecule has 2 unspecified atom stereocenters. The van der Waals surface area contributed by atoms with E-state index in [2.05, 4.69) is 34.9 Å². The first kappa shape index (κ1) is 15.8. The molecule has 2 aromatic rings. The summed E-state index contributed by atoms with van der Waals surface area (Å²) in [5, 5.41) is 6.62. The van der Waals surface area contributed by atoms with E-state index in [-0.39, 0.29) is 11.9 Å². The predicted molar refractivity (Wildman–Crippen MR) is 93.1 cm³/mol. The minimum Gasteiger partial charge on any atom is -0.349 e. The van der Waals surface area contributed by atoms with Gasteiger partial charge in [-0.3, -0.25) is 4.79 Å². The van der Waals surface area contributed by atoms with Crippen LogP contribution in [0, 0.1) is 0 Å². The lowest BCUT2D eigenvalue weighted by Crippen LogP contribution is -2.35. The van der Waals surface area contributed by atoms with Crippen molar-refractivity contribution >= 4 is 5.91 Å². The number of carbonyl (C=O) groups excluding carboxylic acids is 1. The molecular weight excluding hydrogens is 284 g/mol. The molecule has 1 fully saturated rings. The van der Waals surface area contributed by atoms with Gasteiger partial charge < -0.3 is 10.6 Å². The summed E-state index contributed by atoms with van der Waals surface area (Å²) in [5.74, 6) is 0.134. The molecule has 2 atom stereocenters. The fourth-order valence-electron chi connectivity index (χ4n) is 3.20. The van der Waals surface area contributed by atoms with E-state index in [9.17, 15) is 4.79 Å². The zero-order valence-corrected chi connectivity index (χ0v) is 13.4. The van der Waals surface area contributed by atoms with Gasteiger partial charge in [0, 0.05) is 12.5 Å². The summed E-state index contributed by atoms with van der Waals surface area (Å²) in [5.41, 5.74) is 2.39. The minimum absolute atomic E-state index is 0.0208. The van der Waals surface area contributed by atoms with E-state index >= 15 is 0 Å². The Hall–Kier alpha value is -2.13. The molecule has 3 rings (SSSR count). The number of nitrogens with one attached hydrogen (secondary N) is 2. The molecule has 0 aliphatic carbocycles. The second-order valence-corrected chi connectivity index (χ2v) is 6.22. The number of hydrogen-bond acceptors (Lipinski definition) is 2. The van der Waals surface area contributed by atoms with Crippen LogP contribution in [0.2, 0.25) is 0 Å². The average Bonchev–Trinajstić information content (AvgIpc) is 3.09. The standard InChI is InChI=1S/C20H24N2O/c23-20(15-18-12-7-13-21-18)22-19(17-10-5-2-6-11-17)14-16-8-3-1-4-9-16/h1-6,8-11,18-19,21H,7,12-15H2,(H,22,23). The molecule has 1 heterocycles. The predicted octanol–water partition coefficient (Wildman–Crippen LogP) is 3.23. The van der Waals surface area contributed by atoms with Crippen LogP contribution >= 0.6 is 0 Å². The molecule has 23 heavy (non-hydrogen) atoms. The lowest BCUT2D eigenvalue weighted by molar-refractivity contribution is -0.122. The second-order valence-electron chi connectivity index (χ2n) is 6.22. The van der Waals surface area contributed by atoms with Gasteiger partial charge in [0.2, 0.25) is 5.91 Å². The van der Waals surface area contributed by atoms with Crippen molar-refractivity contribution in [3.8, 4) is 0 Å². The van der Waals surface area contributed by atoms with E-state index in [0.717, 1.165) is 24.9 Å². The van der Waals surface area contributed by atoms with Crippen LogP contribution in [0.3, 0.4) is 0 Å². The van der Waals surface area contributed by atoms with Gasteiger partial charge in [0.15, 0.2) is 0 Å². The highest BCUT2D eigenvalue weighted by atomic mass is 16.1. The van der Waals surface area contributed by atoms with E-state index in [1.165, 1.54) is 12.0 Å². The fourth-order valence-corrected chi connectivity index (χ4v) is 3.20. The first-order valence-electron chi connectivity index (χ1n) is 8.43. The topological polar surface area (TPSA) is 41.1 Å². The highest BCUT2D eigenvalue weighted by Gasteiger charge is 2.20. The monoisotopic (exact) mass is 308 g/mol. The van der Waals surface area contributed by atoms with E-state index < -0.39 is 0 Å². The molecule has 0 radical (unpaired) electrons. The largest absolute Gasteiger partial charge is 0.349 e. The lowest BCUT2D eigenvalue weighted by Gasteiger charge is -2.21. The SMILES string of the molecule is O=C(CC1CCCN1)NC(Cc1ccccc1)c1ccccc1. The Labute approximate surface area is 138 Å². The van der Waals surface area contributed by atoms with E-state index in [4.69, 9.17) is 0 Å². The maximum absolute atomic E-state index is 12.4. The van der Waals surface area contributed by atoms with Gasteiger partial charge in [-0.05, 0) is 36.9 Å². The maximum Gasteiger partial charge on any atom is 0.222 e. The van der Waals surface area contributed by atoms with Crippen molar-refractivity contribution < 1.29 is 4.79 Å². The van der Waals surface area contributed by atoms with Gasteiger partial charge in [0.25, 0.3) is 0 Å². The van der Waals surface area contributed by atoms with Crippen LogP contribution in [-0.4, -0.2) is 18.5 Å². The number of hydrogen-bond donors (Lipinski definition) is 2. The van der Waals surface area contributed by atoms with Crippen molar-refractivity contribution in [3.05, 3.63) is 71.8 Å². The molecule has 1 aliphatic rings. The van der Waals surface area contributed by atoms with Crippen molar-refractivity contribution in [2.75, 3.05) is 6.54 Å². The molecule has 0 aromatic heterocycles. The summed E-state index contributed by atoms with van der Waals surface area (Å²) < 4.78 is 0. The van der Waals surface area contributed by atoms with Crippen LogP contribution in [0.25, 0.3) is 0 Å². The minimum atomic E-state index is 0.0208. The average molecular weight is 308 g/mol. The van der Waals surface area contributed by atoms with Gasteiger partial charge in [-0.15, -0.1) is 0 Å². The van der Waals surface area contributed by atoms with Gasteiger partial charge >= 0.3 is 0 Å². The summed E-state index contributed by atoms with van der Waals surface area (Å²) in [6.45, 7) is 1.03. The Morgan fingerprint density at radius 3 is 2.43 bits per heavy atom. The first-order valence-corrected chi connectivity index (χ1v) is 8.43. The molecular formula is C20H24N2O. The third kappa shape index (κ3) is 4.67. The van der Waals surface area contributed by atoms with E-state index in [1.54, 1.807) is 0 Å². The Morgan fingerprint density at radius 1 is 1.09 bits per heavy atom. The third-order valence-corrected chi connectivity index (χ3v) is 4.41. The lowest BCUT2D eigenvalue weighted by atomic mass is 9.98. The number of benzene rings is 2. The Morgan fingerprint density at radius 2 is 1.78 bits per heavy atom. The van der Waals surface area contributed by atoms with Gasteiger partial charge in [0.1, 0.15) is 0 Å². The summed E-state index contributed by atoms with van der Waals surface area (Å²) in [6.07, 6.45) is 3.65. The molecule has 1 amide bonds. The van der Waals surface area contributed by atoms with Gasteiger partial charge in [-0.2, -0.15) is 0 Å². The van der Waals surface area contributed by atoms with Gasteiger partial charge in [-0.25, -0.2) is 0 Å². The molecule has 3 heteroatoms. The molecule has 0 saturated carbocycles. The van der Waals surface area contributed by atoms with Crippen LogP contribution in [0.15, 0.2) is 60.7 Å². The number of carbonyl (C=O) groups is 1. The summed E-state index contributed by atoms with van der Waals surface area (Å²) in [7, 11) is 0. The van der Waals surface area contributed by atoms with E-state index in [1.807, 2.05) is 36.4 Å². The van der Waals surface area contributed by atoms with E-state index in [0.29, 0.717) is 12.5 Å². The van der Waals surface area contributed by atoms with Crippen molar-refractivity contribution in [2.24, 2.45) is 0 Å². The third-order valence-electron chi connectivity index (χ3n) is 4.41. The highest BCUT2D eigenvalue weighted by molar-refractivity contribution is 5.77. The van der Waals surface area contributed by atoms with Crippen molar-refractivity contribution in [3.63, 3.8) is 0 Å².